The highest BCUT2D eigenvalue weighted by Crippen LogP contribution is 2.37. The van der Waals surface area contributed by atoms with Gasteiger partial charge in [-0.25, -0.2) is 0 Å². The highest BCUT2D eigenvalue weighted by atomic mass is 16.7. The number of aliphatic hydroxyl groups excluding tert-OH is 1. The lowest BCUT2D eigenvalue weighted by atomic mass is 9.85. The number of para-hydroxylation sites is 1. The Labute approximate surface area is 224 Å². The van der Waals surface area contributed by atoms with Crippen LogP contribution in [0.4, 0.5) is 5.69 Å². The summed E-state index contributed by atoms with van der Waals surface area (Å²) in [5.74, 6) is 0.720. The van der Waals surface area contributed by atoms with E-state index in [0.29, 0.717) is 57.3 Å². The summed E-state index contributed by atoms with van der Waals surface area (Å²) in [6.45, 7) is 6.08. The van der Waals surface area contributed by atoms with Crippen LogP contribution < -0.4 is 10.2 Å². The highest BCUT2D eigenvalue weighted by molar-refractivity contribution is 5.95. The summed E-state index contributed by atoms with van der Waals surface area (Å²) in [5.41, 5.74) is 2.20. The maximum atomic E-state index is 13.6. The summed E-state index contributed by atoms with van der Waals surface area (Å²) in [6.07, 6.45) is 3.23. The first-order valence-electron chi connectivity index (χ1n) is 13.5. The Balaban J connectivity index is 1.24. The molecule has 0 aliphatic carbocycles. The predicted octanol–water partition coefficient (Wildman–Crippen LogP) is 3.55. The van der Waals surface area contributed by atoms with E-state index in [9.17, 15) is 14.7 Å². The Bertz CT molecular complexity index is 1160. The van der Waals surface area contributed by atoms with E-state index >= 15 is 0 Å². The van der Waals surface area contributed by atoms with E-state index in [-0.39, 0.29) is 24.3 Å². The predicted molar refractivity (Wildman–Crippen MR) is 144 cm³/mol. The van der Waals surface area contributed by atoms with E-state index in [1.165, 1.54) is 0 Å². The molecule has 5 rings (SSSR count). The number of hydrogen-bond acceptors (Lipinski definition) is 6. The maximum Gasteiger partial charge on any atom is 0.288 e. The third-order valence-corrected chi connectivity index (χ3v) is 8.08. The number of nitrogens with zero attached hydrogens (tertiary/aromatic N) is 2. The molecule has 2 aromatic carbocycles. The third kappa shape index (κ3) is 5.28. The Morgan fingerprint density at radius 1 is 1.11 bits per heavy atom. The van der Waals surface area contributed by atoms with Crippen molar-refractivity contribution in [1.82, 2.24) is 10.2 Å². The van der Waals surface area contributed by atoms with E-state index in [0.717, 1.165) is 16.8 Å². The molecule has 0 saturated carbocycles. The number of hydrogen-bond donors (Lipinski definition) is 2. The van der Waals surface area contributed by atoms with Gasteiger partial charge in [0.05, 0.1) is 19.9 Å². The van der Waals surface area contributed by atoms with Crippen LogP contribution in [0.1, 0.15) is 44.2 Å². The minimum absolute atomic E-state index is 0.00574. The molecule has 2 saturated heterocycles. The third-order valence-electron chi connectivity index (χ3n) is 8.08. The molecular weight excluding hydrogens is 482 g/mol. The number of allylic oxidation sites excluding steroid dienone is 1. The molecule has 0 bridgehead atoms. The molecule has 2 aromatic rings. The van der Waals surface area contributed by atoms with Crippen LogP contribution >= 0.6 is 0 Å². The number of likely N-dealkylation sites (tertiary alicyclic amines) is 1. The van der Waals surface area contributed by atoms with Crippen molar-refractivity contribution in [2.45, 2.75) is 58.2 Å². The summed E-state index contributed by atoms with van der Waals surface area (Å²) in [7, 11) is 0. The molecular formula is C30H37N3O5. The second kappa shape index (κ2) is 11.2. The van der Waals surface area contributed by atoms with Crippen molar-refractivity contribution >= 4 is 17.5 Å². The normalized spacial score (nSPS) is 22.8. The zero-order valence-electron chi connectivity index (χ0n) is 22.1. The largest absolute Gasteiger partial charge is 0.459 e. The van der Waals surface area contributed by atoms with Gasteiger partial charge in [-0.2, -0.15) is 0 Å². The zero-order valence-corrected chi connectivity index (χ0v) is 22.1. The molecule has 0 aromatic heterocycles. The molecule has 0 radical (unpaired) electrons. The minimum Gasteiger partial charge on any atom is -0.459 e. The van der Waals surface area contributed by atoms with Gasteiger partial charge in [0.25, 0.3) is 5.91 Å². The Morgan fingerprint density at radius 3 is 2.45 bits per heavy atom. The fourth-order valence-corrected chi connectivity index (χ4v) is 5.60. The standard InChI is InChI=1S/C30H37N3O5/c1-21(2)24-16-26(38-27(17-24)37-19-23-10-8-22(18-34)9-11-23)28(35)32-14-12-30(13-15-32)29(36)31-20-33(30)25-6-4-3-5-7-25/h3-11,16,21,24,27,34H,12-15,17-20H2,1-2H3,(H,31,36)/t24-,27+/m1/s1. The average Bonchev–Trinajstić information content (AvgIpc) is 3.27. The number of piperidine rings is 1. The van der Waals surface area contributed by atoms with Crippen molar-refractivity contribution in [3.05, 3.63) is 77.6 Å². The average molecular weight is 520 g/mol. The molecule has 3 heterocycles. The van der Waals surface area contributed by atoms with Crippen molar-refractivity contribution in [3.63, 3.8) is 0 Å². The SMILES string of the molecule is CC(C)[C@@H]1C=C(C(=O)N2CCC3(CC2)C(=O)NCN3c2ccccc2)O[C@H](OCc2ccc(CO)cc2)C1. The molecule has 2 atom stereocenters. The number of anilines is 1. The number of aliphatic hydroxyl groups is 1. The molecule has 2 N–H and O–H groups in total. The number of carbonyl (C=O) groups excluding carboxylic acids is 2. The lowest BCUT2D eigenvalue weighted by Gasteiger charge is -2.43. The number of rotatable bonds is 7. The summed E-state index contributed by atoms with van der Waals surface area (Å²) in [6, 6.07) is 17.6. The fourth-order valence-electron chi connectivity index (χ4n) is 5.60. The van der Waals surface area contributed by atoms with Crippen LogP contribution in [0.25, 0.3) is 0 Å². The molecule has 2 amide bonds. The molecule has 202 valence electrons. The molecule has 3 aliphatic heterocycles. The lowest BCUT2D eigenvalue weighted by molar-refractivity contribution is -0.161. The van der Waals surface area contributed by atoms with Gasteiger partial charge < -0.3 is 29.7 Å². The molecule has 3 aliphatic rings. The van der Waals surface area contributed by atoms with Gasteiger partial charge in [0.2, 0.25) is 12.2 Å². The van der Waals surface area contributed by atoms with Crippen molar-refractivity contribution in [2.75, 3.05) is 24.7 Å². The molecule has 1 spiro atoms. The van der Waals surface area contributed by atoms with Crippen molar-refractivity contribution in [1.29, 1.82) is 0 Å². The molecule has 8 nitrogen and oxygen atoms in total. The van der Waals surface area contributed by atoms with Crippen LogP contribution in [0.2, 0.25) is 0 Å². The van der Waals surface area contributed by atoms with Gasteiger partial charge in [0.1, 0.15) is 5.54 Å². The summed E-state index contributed by atoms with van der Waals surface area (Å²) in [4.78, 5) is 30.5. The van der Waals surface area contributed by atoms with Crippen LogP contribution in [0, 0.1) is 11.8 Å². The molecule has 2 fully saturated rings. The Hall–Kier alpha value is -3.36. The van der Waals surface area contributed by atoms with Gasteiger partial charge in [-0.05, 0) is 54.0 Å². The minimum atomic E-state index is -0.641. The fraction of sp³-hybridized carbons (Fsp3) is 0.467. The van der Waals surface area contributed by atoms with E-state index < -0.39 is 11.8 Å². The molecule has 0 unspecified atom stereocenters. The second-order valence-electron chi connectivity index (χ2n) is 10.8. The van der Waals surface area contributed by atoms with Crippen LogP contribution in [0.5, 0.6) is 0 Å². The zero-order chi connectivity index (χ0) is 26.7. The van der Waals surface area contributed by atoms with Crippen molar-refractivity contribution in [3.8, 4) is 0 Å². The van der Waals surface area contributed by atoms with Gasteiger partial charge >= 0.3 is 0 Å². The Morgan fingerprint density at radius 2 is 1.79 bits per heavy atom. The van der Waals surface area contributed by atoms with Crippen LogP contribution in [-0.4, -0.2) is 53.4 Å². The number of amides is 2. The first-order chi connectivity index (χ1) is 18.4. The molecule has 38 heavy (non-hydrogen) atoms. The quantitative estimate of drug-likeness (QED) is 0.582. The van der Waals surface area contributed by atoms with Gasteiger partial charge in [-0.15, -0.1) is 0 Å². The monoisotopic (exact) mass is 519 g/mol. The van der Waals surface area contributed by atoms with E-state index in [1.54, 1.807) is 4.90 Å². The Kier molecular flexibility index (Phi) is 7.72. The second-order valence-corrected chi connectivity index (χ2v) is 10.8. The van der Waals surface area contributed by atoms with Gasteiger partial charge in [0.15, 0.2) is 5.76 Å². The maximum absolute atomic E-state index is 13.6. The summed E-state index contributed by atoms with van der Waals surface area (Å²) >= 11 is 0. The first-order valence-corrected chi connectivity index (χ1v) is 13.5. The number of ether oxygens (including phenoxy) is 2. The van der Waals surface area contributed by atoms with Gasteiger partial charge in [-0.1, -0.05) is 56.3 Å². The first kappa shape index (κ1) is 26.3. The van der Waals surface area contributed by atoms with E-state index in [4.69, 9.17) is 9.47 Å². The van der Waals surface area contributed by atoms with E-state index in [2.05, 4.69) is 24.1 Å². The summed E-state index contributed by atoms with van der Waals surface area (Å²) < 4.78 is 12.2. The van der Waals surface area contributed by atoms with Crippen LogP contribution in [-0.2, 0) is 32.3 Å². The number of benzene rings is 2. The van der Waals surface area contributed by atoms with Gasteiger partial charge in [-0.3, -0.25) is 9.59 Å². The lowest BCUT2D eigenvalue weighted by Crippen LogP contribution is -2.57. The van der Waals surface area contributed by atoms with Crippen LogP contribution in [0.3, 0.4) is 0 Å². The van der Waals surface area contributed by atoms with Crippen molar-refractivity contribution in [2.24, 2.45) is 11.8 Å². The smallest absolute Gasteiger partial charge is 0.288 e. The number of nitrogens with one attached hydrogen (secondary N) is 1. The van der Waals surface area contributed by atoms with Crippen molar-refractivity contribution < 1.29 is 24.2 Å². The number of carbonyl (C=O) groups is 2. The topological polar surface area (TPSA) is 91.3 Å². The molecule has 8 heteroatoms. The highest BCUT2D eigenvalue weighted by Gasteiger charge is 2.51. The summed E-state index contributed by atoms with van der Waals surface area (Å²) in [5, 5.41) is 12.3. The van der Waals surface area contributed by atoms with E-state index in [1.807, 2.05) is 60.7 Å². The van der Waals surface area contributed by atoms with Gasteiger partial charge in [0, 0.05) is 25.2 Å². The van der Waals surface area contributed by atoms with Crippen LogP contribution in [0.15, 0.2) is 66.4 Å².